The fourth-order valence-corrected chi connectivity index (χ4v) is 0.432. The number of methoxy groups -OCH3 is 1. The van der Waals surface area contributed by atoms with Gasteiger partial charge in [-0.05, 0) is 0 Å². The van der Waals surface area contributed by atoms with Crippen LogP contribution >= 0.6 is 34.2 Å². The molecule has 0 bridgehead atoms. The molecule has 42 valence electrons. The number of esters is 1. The van der Waals surface area contributed by atoms with E-state index in [1.165, 1.54) is 7.11 Å². The molecule has 0 radical (unpaired) electrons. The first-order valence-electron chi connectivity index (χ1n) is 1.54. The number of rotatable bonds is 1. The molecule has 7 heavy (non-hydrogen) atoms. The van der Waals surface area contributed by atoms with Crippen molar-refractivity contribution in [3.63, 3.8) is 0 Å². The highest BCUT2D eigenvalue weighted by Crippen LogP contribution is 2.05. The van der Waals surface area contributed by atoms with E-state index in [0.29, 0.717) is 0 Å². The zero-order valence-electron chi connectivity index (χ0n) is 3.65. The highest BCUT2D eigenvalue weighted by atomic mass is 127. The van der Waals surface area contributed by atoms with E-state index in [1.807, 2.05) is 0 Å². The number of carbonyl (C=O) groups excluding carboxylic acids is 1. The average Bonchev–Trinajstić information content (AvgIpc) is 1.65. The fourth-order valence-electron chi connectivity index (χ4n) is 0.0891. The Morgan fingerprint density at radius 2 is 2.43 bits per heavy atom. The highest BCUT2D eigenvalue weighted by molar-refractivity contribution is 14.1. The predicted molar refractivity (Wildman–Crippen MR) is 35.7 cm³/mol. The fraction of sp³-hybridized carbons (Fsp3) is 0.667. The van der Waals surface area contributed by atoms with Gasteiger partial charge in [-0.3, -0.25) is 0 Å². The Morgan fingerprint density at radius 1 is 2.00 bits per heavy atom. The van der Waals surface area contributed by atoms with E-state index >= 15 is 0 Å². The molecule has 0 aliphatic carbocycles. The van der Waals surface area contributed by atoms with Crippen molar-refractivity contribution in [3.8, 4) is 0 Å². The summed E-state index contributed by atoms with van der Waals surface area (Å²) < 4.78 is 3.68. The van der Waals surface area contributed by atoms with Gasteiger partial charge in [0.25, 0.3) is 0 Å². The standard InChI is InChI=1S/C3H4ClIO2/c1-7-3(6)2(4)5/h2H,1H3. The first-order chi connectivity index (χ1) is 3.18. The summed E-state index contributed by atoms with van der Waals surface area (Å²) in [6.45, 7) is 0. The Kier molecular flexibility index (Phi) is 3.73. The summed E-state index contributed by atoms with van der Waals surface area (Å²) in [4.78, 5) is 10.1. The van der Waals surface area contributed by atoms with Gasteiger partial charge in [0.1, 0.15) is 0 Å². The van der Waals surface area contributed by atoms with Crippen molar-refractivity contribution in [2.24, 2.45) is 0 Å². The highest BCUT2D eigenvalue weighted by Gasteiger charge is 2.08. The molecular formula is C3H4ClIO2. The molecule has 0 saturated heterocycles. The maximum atomic E-state index is 10.1. The molecule has 0 heterocycles. The molecule has 0 rings (SSSR count). The molecule has 0 aromatic heterocycles. The smallest absolute Gasteiger partial charge is 0.333 e. The molecule has 0 aromatic rings. The minimum atomic E-state index is -0.553. The van der Waals surface area contributed by atoms with Crippen molar-refractivity contribution < 1.29 is 9.53 Å². The third-order valence-corrected chi connectivity index (χ3v) is 1.07. The second-order valence-corrected chi connectivity index (χ2v) is 3.24. The molecule has 1 unspecified atom stereocenters. The summed E-state index contributed by atoms with van der Waals surface area (Å²) >= 11 is 7.00. The zero-order chi connectivity index (χ0) is 5.86. The summed E-state index contributed by atoms with van der Waals surface area (Å²) in [5.74, 6) is -0.401. The van der Waals surface area contributed by atoms with Crippen LogP contribution in [0.3, 0.4) is 0 Å². The van der Waals surface area contributed by atoms with Crippen LogP contribution < -0.4 is 0 Å². The van der Waals surface area contributed by atoms with E-state index in [1.54, 1.807) is 22.6 Å². The van der Waals surface area contributed by atoms with Crippen molar-refractivity contribution >= 4 is 40.2 Å². The van der Waals surface area contributed by atoms with Crippen molar-refractivity contribution in [2.75, 3.05) is 7.11 Å². The summed E-state index contributed by atoms with van der Waals surface area (Å²) in [6.07, 6.45) is 0. The number of halogens is 2. The monoisotopic (exact) mass is 234 g/mol. The lowest BCUT2D eigenvalue weighted by Gasteiger charge is -1.94. The van der Waals surface area contributed by atoms with E-state index in [0.717, 1.165) is 0 Å². The Morgan fingerprint density at radius 3 is 2.43 bits per heavy atom. The second-order valence-electron chi connectivity index (χ2n) is 0.824. The quantitative estimate of drug-likeness (QED) is 0.387. The van der Waals surface area contributed by atoms with Crippen LogP contribution in [0.15, 0.2) is 0 Å². The number of ether oxygens (including phenoxy) is 1. The molecule has 0 aliphatic heterocycles. The van der Waals surface area contributed by atoms with Crippen LogP contribution in [-0.2, 0) is 9.53 Å². The van der Waals surface area contributed by atoms with Crippen molar-refractivity contribution in [2.45, 2.75) is 3.38 Å². The third kappa shape index (κ3) is 3.11. The van der Waals surface area contributed by atoms with E-state index in [9.17, 15) is 4.79 Å². The normalized spacial score (nSPS) is 13.0. The van der Waals surface area contributed by atoms with Crippen molar-refractivity contribution in [1.82, 2.24) is 0 Å². The summed E-state index contributed by atoms with van der Waals surface area (Å²) in [6, 6.07) is 0. The molecule has 0 spiro atoms. The van der Waals surface area contributed by atoms with Crippen LogP contribution in [0.2, 0.25) is 0 Å². The zero-order valence-corrected chi connectivity index (χ0v) is 6.56. The van der Waals surface area contributed by atoms with Gasteiger partial charge in [-0.2, -0.15) is 0 Å². The van der Waals surface area contributed by atoms with Crippen molar-refractivity contribution in [3.05, 3.63) is 0 Å². The van der Waals surface area contributed by atoms with Crippen LogP contribution in [-0.4, -0.2) is 16.5 Å². The van der Waals surface area contributed by atoms with Gasteiger partial charge < -0.3 is 4.74 Å². The van der Waals surface area contributed by atoms with Gasteiger partial charge in [0.2, 0.25) is 0 Å². The topological polar surface area (TPSA) is 26.3 Å². The lowest BCUT2D eigenvalue weighted by Crippen LogP contribution is -2.07. The minimum Gasteiger partial charge on any atom is -0.467 e. The molecule has 0 fully saturated rings. The SMILES string of the molecule is COC(=O)C(Cl)I. The van der Waals surface area contributed by atoms with Crippen LogP contribution in [0.25, 0.3) is 0 Å². The molecule has 0 N–H and O–H groups in total. The Bertz CT molecular complexity index is 73.3. The molecule has 0 amide bonds. The molecule has 1 atom stereocenters. The largest absolute Gasteiger partial charge is 0.467 e. The summed E-state index contributed by atoms with van der Waals surface area (Å²) in [5.41, 5.74) is 0. The van der Waals surface area contributed by atoms with E-state index in [2.05, 4.69) is 4.74 Å². The average molecular weight is 234 g/mol. The van der Waals surface area contributed by atoms with Gasteiger partial charge >= 0.3 is 5.97 Å². The number of hydrogen-bond acceptors (Lipinski definition) is 2. The molecule has 0 aromatic carbocycles. The predicted octanol–water partition coefficient (Wildman–Crippen LogP) is 1.16. The lowest BCUT2D eigenvalue weighted by molar-refractivity contribution is -0.138. The van der Waals surface area contributed by atoms with Gasteiger partial charge in [0.05, 0.1) is 7.11 Å². The van der Waals surface area contributed by atoms with Crippen LogP contribution in [0.5, 0.6) is 0 Å². The van der Waals surface area contributed by atoms with Gasteiger partial charge in [-0.15, -0.1) is 0 Å². The minimum absolute atomic E-state index is 0.401. The van der Waals surface area contributed by atoms with E-state index in [-0.39, 0.29) is 0 Å². The van der Waals surface area contributed by atoms with E-state index in [4.69, 9.17) is 11.6 Å². The van der Waals surface area contributed by atoms with Crippen molar-refractivity contribution in [1.29, 1.82) is 0 Å². The van der Waals surface area contributed by atoms with Gasteiger partial charge in [0, 0.05) is 0 Å². The maximum absolute atomic E-state index is 10.1. The van der Waals surface area contributed by atoms with Crippen LogP contribution in [0.4, 0.5) is 0 Å². The summed E-state index contributed by atoms with van der Waals surface area (Å²) in [7, 11) is 1.30. The Balaban J connectivity index is 3.35. The Labute approximate surface area is 60.3 Å². The van der Waals surface area contributed by atoms with E-state index < -0.39 is 9.35 Å². The van der Waals surface area contributed by atoms with Gasteiger partial charge in [-0.25, -0.2) is 4.79 Å². The third-order valence-electron chi connectivity index (χ3n) is 0.379. The van der Waals surface area contributed by atoms with Gasteiger partial charge in [-0.1, -0.05) is 34.2 Å². The Hall–Kier alpha value is 0.490. The second kappa shape index (κ2) is 3.49. The lowest BCUT2D eigenvalue weighted by atomic mass is 10.8. The van der Waals surface area contributed by atoms with Gasteiger partial charge in [0.15, 0.2) is 3.38 Å². The maximum Gasteiger partial charge on any atom is 0.333 e. The number of alkyl halides is 2. The molecular weight excluding hydrogens is 230 g/mol. The van der Waals surface area contributed by atoms with Crippen LogP contribution in [0.1, 0.15) is 0 Å². The first-order valence-corrected chi connectivity index (χ1v) is 3.22. The first kappa shape index (κ1) is 7.49. The van der Waals surface area contributed by atoms with Crippen LogP contribution in [0, 0.1) is 0 Å². The number of hydrogen-bond donors (Lipinski definition) is 0. The molecule has 2 nitrogen and oxygen atoms in total. The molecule has 0 aliphatic rings. The molecule has 4 heteroatoms. The molecule has 0 saturated carbocycles. The summed E-state index contributed by atoms with van der Waals surface area (Å²) in [5, 5.41) is 0. The number of carbonyl (C=O) groups is 1.